The molecule has 0 saturated carbocycles. The first kappa shape index (κ1) is 28.1. The fourth-order valence-corrected chi connectivity index (χ4v) is 4.47. The van der Waals surface area contributed by atoms with Crippen molar-refractivity contribution in [2.45, 2.75) is 25.3 Å². The van der Waals surface area contributed by atoms with Crippen LogP contribution in [0.5, 0.6) is 5.75 Å². The van der Waals surface area contributed by atoms with Gasteiger partial charge in [-0.25, -0.2) is 14.4 Å². The van der Waals surface area contributed by atoms with Gasteiger partial charge < -0.3 is 35.4 Å². The third-order valence-electron chi connectivity index (χ3n) is 6.63. The Kier molecular flexibility index (Phi) is 8.04. The predicted octanol–water partition coefficient (Wildman–Crippen LogP) is -0.336. The smallest absolute Gasteiger partial charge is 0.534 e. The van der Waals surface area contributed by atoms with Crippen molar-refractivity contribution in [3.8, 4) is 5.75 Å². The number of benzene rings is 2. The molecule has 40 heavy (non-hydrogen) atoms. The minimum Gasteiger partial charge on any atom is -0.534 e. The summed E-state index contributed by atoms with van der Waals surface area (Å²) >= 11 is 0. The average molecular weight is 552 g/mol. The Labute approximate surface area is 227 Å². The van der Waals surface area contributed by atoms with Crippen molar-refractivity contribution < 1.29 is 48.7 Å². The molecule has 2 atom stereocenters. The Balaban J connectivity index is 1.57. The van der Waals surface area contributed by atoms with E-state index in [9.17, 15) is 44.0 Å². The summed E-state index contributed by atoms with van der Waals surface area (Å²) in [7, 11) is -1.64. The number of urea groups is 1. The van der Waals surface area contributed by atoms with E-state index in [0.29, 0.717) is 10.5 Å². The SMILES string of the molecule is CCN1CCN(C(=O)NC(C(=O)N[C@H]2Cc3cccc(C(=O)O)c3OB2O)c2ccc(C(=O)O)cc2)C(=O)C1=O. The van der Waals surface area contributed by atoms with Gasteiger partial charge >= 0.3 is 36.9 Å². The molecule has 2 aliphatic rings. The largest absolute Gasteiger partial charge is 0.547 e. The zero-order chi connectivity index (χ0) is 29.1. The topological polar surface area (TPSA) is 203 Å². The van der Waals surface area contributed by atoms with Crippen LogP contribution in [0.2, 0.25) is 0 Å². The summed E-state index contributed by atoms with van der Waals surface area (Å²) in [5.41, 5.74) is 0.335. The fraction of sp³-hybridized carbons (Fsp3) is 0.280. The molecule has 1 saturated heterocycles. The number of carboxylic acid groups (broad SMARTS) is 2. The van der Waals surface area contributed by atoms with Crippen LogP contribution in [0.25, 0.3) is 0 Å². The molecule has 5 amide bonds. The highest BCUT2D eigenvalue weighted by Gasteiger charge is 2.41. The molecule has 2 aromatic rings. The molecule has 0 bridgehead atoms. The number of fused-ring (bicyclic) bond motifs is 1. The lowest BCUT2D eigenvalue weighted by molar-refractivity contribution is -0.153. The molecule has 208 valence electrons. The summed E-state index contributed by atoms with van der Waals surface area (Å²) in [5.74, 6) is -6.32. The van der Waals surface area contributed by atoms with Crippen molar-refractivity contribution in [3.63, 3.8) is 0 Å². The highest BCUT2D eigenvalue weighted by atomic mass is 16.5. The number of carbonyl (C=O) groups is 6. The highest BCUT2D eigenvalue weighted by molar-refractivity contribution is 6.47. The van der Waals surface area contributed by atoms with E-state index in [2.05, 4.69) is 10.6 Å². The summed E-state index contributed by atoms with van der Waals surface area (Å²) in [4.78, 5) is 76.0. The van der Waals surface area contributed by atoms with E-state index in [1.54, 1.807) is 13.0 Å². The van der Waals surface area contributed by atoms with Crippen LogP contribution in [0.4, 0.5) is 4.79 Å². The van der Waals surface area contributed by atoms with E-state index >= 15 is 0 Å². The van der Waals surface area contributed by atoms with Crippen molar-refractivity contribution in [1.82, 2.24) is 20.4 Å². The van der Waals surface area contributed by atoms with Crippen LogP contribution < -0.4 is 15.3 Å². The molecule has 0 aliphatic carbocycles. The minimum atomic E-state index is -1.64. The molecule has 2 aromatic carbocycles. The maximum absolute atomic E-state index is 13.4. The molecule has 5 N–H and O–H groups in total. The second-order valence-electron chi connectivity index (χ2n) is 9.08. The van der Waals surface area contributed by atoms with Gasteiger partial charge in [-0.2, -0.15) is 0 Å². The van der Waals surface area contributed by atoms with Gasteiger partial charge in [-0.15, -0.1) is 0 Å². The van der Waals surface area contributed by atoms with E-state index < -0.39 is 54.8 Å². The third-order valence-corrected chi connectivity index (χ3v) is 6.63. The number of aromatic carboxylic acids is 2. The lowest BCUT2D eigenvalue weighted by Gasteiger charge is -2.33. The Hall–Kier alpha value is -4.92. The lowest BCUT2D eigenvalue weighted by atomic mass is 9.72. The number of amides is 5. The number of nitrogens with one attached hydrogen (secondary N) is 2. The number of para-hydroxylation sites is 1. The highest BCUT2D eigenvalue weighted by Crippen LogP contribution is 2.30. The van der Waals surface area contributed by atoms with Gasteiger partial charge in [0.15, 0.2) is 0 Å². The maximum atomic E-state index is 13.4. The van der Waals surface area contributed by atoms with Gasteiger partial charge in [0, 0.05) is 19.6 Å². The van der Waals surface area contributed by atoms with Gasteiger partial charge in [0.05, 0.1) is 17.1 Å². The van der Waals surface area contributed by atoms with E-state index in [4.69, 9.17) is 4.65 Å². The van der Waals surface area contributed by atoms with Gasteiger partial charge in [-0.05, 0) is 42.7 Å². The van der Waals surface area contributed by atoms with Gasteiger partial charge in [-0.3, -0.25) is 19.3 Å². The van der Waals surface area contributed by atoms with Crippen molar-refractivity contribution in [2.24, 2.45) is 0 Å². The first-order valence-electron chi connectivity index (χ1n) is 12.3. The number of hydrogen-bond acceptors (Lipinski definition) is 8. The first-order valence-corrected chi connectivity index (χ1v) is 12.3. The lowest BCUT2D eigenvalue weighted by Crippen LogP contribution is -2.60. The second-order valence-corrected chi connectivity index (χ2v) is 9.08. The Morgan fingerprint density at radius 1 is 1.02 bits per heavy atom. The molecule has 1 fully saturated rings. The van der Waals surface area contributed by atoms with Crippen LogP contribution in [0.1, 0.15) is 44.8 Å². The fourth-order valence-electron chi connectivity index (χ4n) is 4.47. The summed E-state index contributed by atoms with van der Waals surface area (Å²) in [5, 5.41) is 34.1. The summed E-state index contributed by atoms with van der Waals surface area (Å²) < 4.78 is 5.40. The third kappa shape index (κ3) is 5.59. The van der Waals surface area contributed by atoms with Crippen LogP contribution in [0.3, 0.4) is 0 Å². The van der Waals surface area contributed by atoms with E-state index in [0.717, 1.165) is 0 Å². The van der Waals surface area contributed by atoms with Gasteiger partial charge in [0.2, 0.25) is 5.91 Å². The molecule has 0 aromatic heterocycles. The van der Waals surface area contributed by atoms with E-state index in [-0.39, 0.29) is 48.5 Å². The van der Waals surface area contributed by atoms with Crippen LogP contribution in [0, 0.1) is 0 Å². The number of imide groups is 1. The van der Waals surface area contributed by atoms with Gasteiger partial charge in [0.25, 0.3) is 0 Å². The summed E-state index contributed by atoms with van der Waals surface area (Å²) in [6.45, 7) is 1.98. The van der Waals surface area contributed by atoms with Crippen LogP contribution in [-0.4, -0.2) is 93.4 Å². The van der Waals surface area contributed by atoms with Crippen LogP contribution >= 0.6 is 0 Å². The van der Waals surface area contributed by atoms with E-state index in [1.807, 2.05) is 0 Å². The molecule has 15 heteroatoms. The average Bonchev–Trinajstić information content (AvgIpc) is 2.93. The van der Waals surface area contributed by atoms with Crippen molar-refractivity contribution in [3.05, 3.63) is 64.7 Å². The molecular weight excluding hydrogens is 527 g/mol. The van der Waals surface area contributed by atoms with Gasteiger partial charge in [-0.1, -0.05) is 24.3 Å². The van der Waals surface area contributed by atoms with Crippen molar-refractivity contribution >= 4 is 42.8 Å². The van der Waals surface area contributed by atoms with Gasteiger partial charge in [0.1, 0.15) is 11.8 Å². The van der Waals surface area contributed by atoms with E-state index in [1.165, 1.54) is 41.3 Å². The molecule has 2 aliphatic heterocycles. The monoisotopic (exact) mass is 552 g/mol. The molecule has 14 nitrogen and oxygen atoms in total. The number of piperazine rings is 1. The standard InChI is InChI=1S/C25H25BN4O10/c1-2-29-10-11-30(22(33)21(29)32)25(38)28-18(13-6-8-14(9-7-13)23(34)35)20(31)27-17-12-15-4-3-5-16(24(36)37)19(15)40-26(17)39/h3-9,17-18,39H,2,10-12H2,1H3,(H,27,31)(H,28,38)(H,34,35)(H,36,37)/t17-,18?/m0/s1. The molecule has 2 heterocycles. The molecule has 1 unspecified atom stereocenters. The number of carboxylic acids is 2. The van der Waals surface area contributed by atoms with Crippen molar-refractivity contribution in [2.75, 3.05) is 19.6 Å². The Bertz CT molecular complexity index is 1380. The normalized spacial score (nSPS) is 17.4. The maximum Gasteiger partial charge on any atom is 0.547 e. The molecular formula is C25H25BN4O10. The molecule has 0 spiro atoms. The summed E-state index contributed by atoms with van der Waals surface area (Å²) in [6.07, 6.45) is -0.00601. The molecule has 4 rings (SSSR count). The summed E-state index contributed by atoms with van der Waals surface area (Å²) in [6, 6.07) is 6.94. The number of rotatable bonds is 7. The zero-order valence-corrected chi connectivity index (χ0v) is 21.2. The number of hydrogen-bond donors (Lipinski definition) is 5. The zero-order valence-electron chi connectivity index (χ0n) is 21.2. The number of likely N-dealkylation sites (N-methyl/N-ethyl adjacent to an activating group) is 1. The van der Waals surface area contributed by atoms with Crippen LogP contribution in [-0.2, 0) is 20.8 Å². The Morgan fingerprint density at radius 3 is 2.35 bits per heavy atom. The van der Waals surface area contributed by atoms with Crippen LogP contribution in [0.15, 0.2) is 42.5 Å². The van der Waals surface area contributed by atoms with Crippen molar-refractivity contribution in [1.29, 1.82) is 0 Å². The predicted molar refractivity (Wildman–Crippen MR) is 136 cm³/mol. The molecule has 0 radical (unpaired) electrons. The quantitative estimate of drug-likeness (QED) is 0.223. The number of carbonyl (C=O) groups excluding carboxylic acids is 4. The minimum absolute atomic E-state index is 0.00601. The second kappa shape index (κ2) is 11.4. The Morgan fingerprint density at radius 2 is 1.73 bits per heavy atom. The first-order chi connectivity index (χ1) is 19.0. The number of nitrogens with zero attached hydrogens (tertiary/aromatic N) is 2.